The number of hydrogen-bond donors (Lipinski definition) is 8. The van der Waals surface area contributed by atoms with Crippen LogP contribution in [0.1, 0.15) is 110 Å². The van der Waals surface area contributed by atoms with Crippen LogP contribution >= 0.6 is 0 Å². The number of hydrogen-bond acceptors (Lipinski definition) is 15. The zero-order valence-corrected chi connectivity index (χ0v) is 83.7. The van der Waals surface area contributed by atoms with Crippen molar-refractivity contribution >= 4 is 33.6 Å². The van der Waals surface area contributed by atoms with Crippen molar-refractivity contribution in [3.63, 3.8) is 0 Å². The molecule has 7 heterocycles. The molecule has 17 nitrogen and oxygen atoms in total. The maximum Gasteiger partial charge on any atom is 0.417 e. The number of carbonyl (C=O) groups is 2. The third-order valence-electron chi connectivity index (χ3n) is 16.0. The van der Waals surface area contributed by atoms with E-state index in [1.54, 1.807) is 84.3 Å². The van der Waals surface area contributed by atoms with Crippen LogP contribution in [0, 0.1) is 48.3 Å². The van der Waals surface area contributed by atoms with E-state index < -0.39 is 53.0 Å². The fourth-order valence-electron chi connectivity index (χ4n) is 10.5. The molecular weight excluding hydrogens is 2530 g/mol. The van der Waals surface area contributed by atoms with Gasteiger partial charge in [-0.3, -0.25) is 9.37 Å². The van der Waals surface area contributed by atoms with Gasteiger partial charge in [0.1, 0.15) is 5.69 Å². The van der Waals surface area contributed by atoms with E-state index in [0.29, 0.717) is 36.6 Å². The molecule has 0 spiro atoms. The molecule has 15 rings (SSSR count). The Hall–Kier alpha value is -9.85. The predicted octanol–water partition coefficient (Wildman–Crippen LogP) is 21.4. The largest absolute Gasteiger partial charge is 0.521 e. The van der Waals surface area contributed by atoms with Crippen LogP contribution in [0.2, 0.25) is 0 Å². The van der Waals surface area contributed by atoms with Gasteiger partial charge in [0.05, 0.1) is 42.2 Å². The Morgan fingerprint density at radius 2 is 0.774 bits per heavy atom. The molecule has 0 aliphatic carbocycles. The summed E-state index contributed by atoms with van der Waals surface area (Å²) in [5, 5.41) is 71.5. The molecule has 0 aliphatic heterocycles. The number of rotatable bonds is 14. The summed E-state index contributed by atoms with van der Waals surface area (Å²) in [6.07, 6.45) is -3.48. The molecule has 33 heteroatoms. The van der Waals surface area contributed by atoms with Gasteiger partial charge in [-0.1, -0.05) is 84.4 Å². The van der Waals surface area contributed by atoms with Crippen molar-refractivity contribution in [2.45, 2.75) is 122 Å². The summed E-state index contributed by atoms with van der Waals surface area (Å²) < 4.78 is 125. The second kappa shape index (κ2) is 68.2. The zero-order chi connectivity index (χ0) is 93.2. The van der Waals surface area contributed by atoms with Crippen molar-refractivity contribution in [2.75, 3.05) is 0 Å². The van der Waals surface area contributed by atoms with E-state index in [-0.39, 0.29) is 184 Å². The topological polar surface area (TPSA) is 286 Å². The number of nitrogens with zero attached hydrogens (tertiary/aromatic N) is 7. The Morgan fingerprint density at radius 1 is 0.353 bits per heavy atom. The Morgan fingerprint density at radius 3 is 1.14 bits per heavy atom. The first-order valence-electron chi connectivity index (χ1n) is 39.0. The number of carboxylic acids is 2. The average molecular weight is 2630 g/mol. The molecule has 15 aromatic rings. The normalized spacial score (nSPS) is 11.4. The maximum absolute atomic E-state index is 12.7. The molecule has 0 saturated heterocycles. The second-order valence-corrected chi connectivity index (χ2v) is 27.3. The molecule has 0 saturated carbocycles. The minimum Gasteiger partial charge on any atom is -0.521 e. The summed E-state index contributed by atoms with van der Waals surface area (Å²) in [7, 11) is 0. The van der Waals surface area contributed by atoms with Crippen molar-refractivity contribution < 1.29 is 213 Å². The van der Waals surface area contributed by atoms with Crippen LogP contribution < -0.4 is 0 Å². The minimum absolute atomic E-state index is 0. The summed E-state index contributed by atoms with van der Waals surface area (Å²) in [6, 6.07) is 97.3. The molecule has 0 fully saturated rings. The Kier molecular flexibility index (Phi) is 64.2. The van der Waals surface area contributed by atoms with E-state index in [2.05, 4.69) is 102 Å². The number of halogens is 10. The minimum atomic E-state index is -4.91. The van der Waals surface area contributed by atoms with Crippen LogP contribution in [0.15, 0.2) is 316 Å². The predicted molar refractivity (Wildman–Crippen MR) is 467 cm³/mol. The molecule has 0 amide bonds. The average Bonchev–Trinajstić information content (AvgIpc) is 0.778. The van der Waals surface area contributed by atoms with Crippen LogP contribution in [-0.4, -0.2) is 124 Å². The summed E-state index contributed by atoms with van der Waals surface area (Å²) in [5.74, 6) is -2.38. The van der Waals surface area contributed by atoms with E-state index in [4.69, 9.17) is 40.9 Å². The zero-order valence-electron chi connectivity index (χ0n) is 71.6. The van der Waals surface area contributed by atoms with Crippen molar-refractivity contribution in [1.82, 2.24) is 34.9 Å². The first-order valence-corrected chi connectivity index (χ1v) is 39.0. The molecule has 8 N–H and O–H groups in total. The fourth-order valence-corrected chi connectivity index (χ4v) is 10.5. The number of pyridine rings is 7. The van der Waals surface area contributed by atoms with Crippen LogP contribution in [0.3, 0.4) is 0 Å². The molecule has 0 bridgehead atoms. The van der Waals surface area contributed by atoms with Crippen LogP contribution in [0.25, 0.3) is 66.7 Å². The van der Waals surface area contributed by atoms with Gasteiger partial charge >= 0.3 is 24.5 Å². The first kappa shape index (κ1) is 125. The number of alkyl halides is 9. The van der Waals surface area contributed by atoms with Gasteiger partial charge in [0.15, 0.2) is 0 Å². The Labute approximate surface area is 845 Å². The summed E-state index contributed by atoms with van der Waals surface area (Å²) in [6.45, 7) is 9.96. The number of benzene rings is 8. The second-order valence-electron chi connectivity index (χ2n) is 27.3. The Bertz CT molecular complexity index is 5170. The molecule has 6 unspecified atom stereocenters. The number of aromatic nitrogens is 7. The van der Waals surface area contributed by atoms with E-state index in [1.807, 2.05) is 158 Å². The van der Waals surface area contributed by atoms with Crippen LogP contribution in [-0.2, 0) is 144 Å². The van der Waals surface area contributed by atoms with Gasteiger partial charge in [-0.25, -0.2) is 9.78 Å². The number of aromatic carboxylic acids is 2. The van der Waals surface area contributed by atoms with Gasteiger partial charge in [-0.2, -0.15) is 75.4 Å². The summed E-state index contributed by atoms with van der Waals surface area (Å²) >= 11 is 0. The molecule has 6 atom stereocenters. The molecule has 0 aliphatic rings. The van der Waals surface area contributed by atoms with E-state index in [0.717, 1.165) is 63.9 Å². The van der Waals surface area contributed by atoms with Crippen molar-refractivity contribution in [3.05, 3.63) is 404 Å². The molecule has 718 valence electrons. The van der Waals surface area contributed by atoms with Crippen LogP contribution in [0.4, 0.5) is 43.9 Å². The third kappa shape index (κ3) is 52.6. The molecule has 133 heavy (non-hydrogen) atoms. The Balaban J connectivity index is 0. The van der Waals surface area contributed by atoms with Gasteiger partial charge < -0.3 is 70.6 Å². The maximum atomic E-state index is 12.7. The standard InChI is InChI=1S/C13H6F6N.C13H8N.C12H6F4N.C12H10N.2C11H8N.C7H5O2.C6H5NO2.3C5H12O2.3Ir.3Rh/c14-12(15,16)9-5-8(11-3-1-2-4-20-11)6-10(7-9)13(17,18)19;1-2-6-12-10(4-1)7-8-11-5-3-9-14-13(11)12;13-10-4-1-8(2-5-10)11-6-3-9(7-17-11)12(14,15)16;1-2-6-11(7-3-1)10-12-8-4-5-9-13-12;2*1-2-6-10(7-3-1)11-8-4-5-9-12-11;8-7(9)6-4-2-1-3-5-6;8-6(9)5-3-1-2-4-7-5;3*1-4(6)3-5(2)7;;;;;;/h1-5,7H;1-5,7-9H;1,3-7H;1-6,8-9H,10H2;2*1-6,8-9H;2*1-4H,(H,8,9);3*4-7H,3H2,1-2H3;;;;;;/q7*-1;;;;;;;;;;. The number of carboxylic acid groups (broad SMARTS) is 2. The van der Waals surface area contributed by atoms with Crippen molar-refractivity contribution in [1.29, 1.82) is 0 Å². The number of aliphatic hydroxyl groups excluding tert-OH is 6. The van der Waals surface area contributed by atoms with Gasteiger partial charge in [-0.15, -0.1) is 191 Å². The van der Waals surface area contributed by atoms with Gasteiger partial charge in [0.25, 0.3) is 0 Å². The molecular formula is C100H92F10Ir3N7O10Rh3-7. The van der Waals surface area contributed by atoms with Gasteiger partial charge in [0.2, 0.25) is 5.97 Å². The summed E-state index contributed by atoms with van der Waals surface area (Å²) in [5.41, 5.74) is 4.33. The molecule has 6 radical (unpaired) electrons. The van der Waals surface area contributed by atoms with E-state index >= 15 is 0 Å². The van der Waals surface area contributed by atoms with Crippen LogP contribution in [0.5, 0.6) is 0 Å². The van der Waals surface area contributed by atoms with Crippen molar-refractivity contribution in [2.24, 2.45) is 0 Å². The first-order chi connectivity index (χ1) is 60.5. The summed E-state index contributed by atoms with van der Waals surface area (Å²) in [4.78, 5) is 48.4. The van der Waals surface area contributed by atoms with Gasteiger partial charge in [0, 0.05) is 174 Å². The smallest absolute Gasteiger partial charge is 0.417 e. The molecule has 7 aromatic heterocycles. The third-order valence-corrected chi connectivity index (χ3v) is 16.0. The SMILES string of the molecule is CC(O)CC(C)O.CC(O)CC(C)O.CC(O)CC(C)O.FC(F)(F)c1[c-]c(-c2ccccn2)cc(C(F)(F)F)c1.Fc1c[c-]c(-c2ccc(C(F)(F)F)cn2)cc1.O=C(O)c1[c-]cccc1.O=C(O)c1ccccn1.[Ir].[Ir].[Ir].[Rh].[Rh].[Rh].[c-]1cccc2ccc3cccnc3c12.[c-]1ccccc1-c1ccccn1.[c-]1ccccc1-c1ccccn1.[c-]1ccccc1Cc1ccccn1. The van der Waals surface area contributed by atoms with Gasteiger partial charge in [-0.05, 0) is 161 Å². The van der Waals surface area contributed by atoms with E-state index in [9.17, 15) is 53.5 Å². The molecule has 8 aromatic carbocycles. The monoisotopic (exact) mass is 2630 g/mol. The number of fused-ring (bicyclic) bond motifs is 3. The fraction of sp³-hybridized carbons (Fsp3) is 0.190. The van der Waals surface area contributed by atoms with E-state index in [1.165, 1.54) is 77.3 Å². The quantitative estimate of drug-likeness (QED) is 0.0217. The van der Waals surface area contributed by atoms with Crippen molar-refractivity contribution in [3.8, 4) is 45.0 Å². The number of aliphatic hydroxyl groups is 6.